The predicted molar refractivity (Wildman–Crippen MR) is 105 cm³/mol. The molecule has 1 aromatic rings. The first-order valence-electron chi connectivity index (χ1n) is 9.17. The average molecular weight is 391 g/mol. The van der Waals surface area contributed by atoms with Crippen molar-refractivity contribution in [3.8, 4) is 11.5 Å². The lowest BCUT2D eigenvalue weighted by molar-refractivity contribution is -0.129. The maximum Gasteiger partial charge on any atom is 0.290 e. The van der Waals surface area contributed by atoms with Crippen molar-refractivity contribution in [3.05, 3.63) is 35.1 Å². The molecule has 154 valence electrons. The minimum Gasteiger partial charge on any atom is -0.503 e. The molecular formula is C21H29NO6. The lowest BCUT2D eigenvalue weighted by atomic mass is 9.82. The number of methoxy groups -OCH3 is 3. The molecule has 1 aliphatic heterocycles. The molecule has 1 unspecified atom stereocenters. The second kappa shape index (κ2) is 8.65. The van der Waals surface area contributed by atoms with Crippen molar-refractivity contribution < 1.29 is 28.9 Å². The first kappa shape index (κ1) is 21.8. The van der Waals surface area contributed by atoms with Crippen molar-refractivity contribution in [1.82, 2.24) is 4.90 Å². The molecule has 1 aliphatic rings. The molecule has 0 bridgehead atoms. The maximum absolute atomic E-state index is 13.1. The summed E-state index contributed by atoms with van der Waals surface area (Å²) in [6.07, 6.45) is 0.580. The SMILES string of the molecule is COCCCN1C(=O)C(O)=C(C(=O)C(C)(C)C)C1c1ccc(OC)c(OC)c1. The third-order valence-corrected chi connectivity index (χ3v) is 4.70. The van der Waals surface area contributed by atoms with Gasteiger partial charge in [-0.2, -0.15) is 0 Å². The van der Waals surface area contributed by atoms with Gasteiger partial charge >= 0.3 is 0 Å². The van der Waals surface area contributed by atoms with Crippen molar-refractivity contribution in [2.24, 2.45) is 5.41 Å². The number of carbonyl (C=O) groups is 2. The van der Waals surface area contributed by atoms with Crippen LogP contribution in [0.2, 0.25) is 0 Å². The first-order valence-corrected chi connectivity index (χ1v) is 9.17. The van der Waals surface area contributed by atoms with E-state index in [9.17, 15) is 14.7 Å². The largest absolute Gasteiger partial charge is 0.503 e. The van der Waals surface area contributed by atoms with E-state index >= 15 is 0 Å². The number of hydrogen-bond acceptors (Lipinski definition) is 6. The number of ketones is 1. The molecule has 0 spiro atoms. The van der Waals surface area contributed by atoms with Gasteiger partial charge in [0.05, 0.1) is 25.8 Å². The average Bonchev–Trinajstić information content (AvgIpc) is 2.91. The Labute approximate surface area is 165 Å². The molecule has 1 amide bonds. The fourth-order valence-corrected chi connectivity index (χ4v) is 3.27. The van der Waals surface area contributed by atoms with Gasteiger partial charge in [-0.15, -0.1) is 0 Å². The predicted octanol–water partition coefficient (Wildman–Crippen LogP) is 3.05. The number of hydrogen-bond donors (Lipinski definition) is 1. The highest BCUT2D eigenvalue weighted by Crippen LogP contribution is 2.43. The van der Waals surface area contributed by atoms with Crippen molar-refractivity contribution in [2.45, 2.75) is 33.2 Å². The van der Waals surface area contributed by atoms with Crippen molar-refractivity contribution in [2.75, 3.05) is 34.5 Å². The number of aliphatic hydroxyl groups excluding tert-OH is 1. The van der Waals surface area contributed by atoms with Crippen LogP contribution in [0.25, 0.3) is 0 Å². The summed E-state index contributed by atoms with van der Waals surface area (Å²) in [4.78, 5) is 27.4. The van der Waals surface area contributed by atoms with Gasteiger partial charge < -0.3 is 24.2 Å². The van der Waals surface area contributed by atoms with Crippen LogP contribution in [-0.4, -0.2) is 56.2 Å². The van der Waals surface area contributed by atoms with Crippen LogP contribution >= 0.6 is 0 Å². The van der Waals surface area contributed by atoms with Crippen LogP contribution in [0.15, 0.2) is 29.5 Å². The molecule has 28 heavy (non-hydrogen) atoms. The van der Waals surface area contributed by atoms with Gasteiger partial charge in [-0.25, -0.2) is 0 Å². The van der Waals surface area contributed by atoms with E-state index in [1.54, 1.807) is 46.1 Å². The van der Waals surface area contributed by atoms with Gasteiger partial charge in [-0.05, 0) is 24.1 Å². The molecule has 1 atom stereocenters. The molecule has 7 nitrogen and oxygen atoms in total. The van der Waals surface area contributed by atoms with E-state index in [4.69, 9.17) is 14.2 Å². The van der Waals surface area contributed by atoms with Crippen molar-refractivity contribution in [1.29, 1.82) is 0 Å². The summed E-state index contributed by atoms with van der Waals surface area (Å²) in [6.45, 7) is 6.10. The maximum atomic E-state index is 13.1. The van der Waals surface area contributed by atoms with Crippen molar-refractivity contribution >= 4 is 11.7 Å². The Balaban J connectivity index is 2.57. The molecule has 0 radical (unpaired) electrons. The van der Waals surface area contributed by atoms with Gasteiger partial charge in [0.1, 0.15) is 0 Å². The molecule has 7 heteroatoms. The normalized spacial score (nSPS) is 17.3. The van der Waals surface area contributed by atoms with E-state index in [1.165, 1.54) is 19.1 Å². The van der Waals surface area contributed by atoms with E-state index < -0.39 is 23.1 Å². The van der Waals surface area contributed by atoms with E-state index in [0.717, 1.165) is 0 Å². The smallest absolute Gasteiger partial charge is 0.290 e. The molecule has 1 heterocycles. The molecule has 0 aliphatic carbocycles. The molecule has 1 aromatic carbocycles. The quantitative estimate of drug-likeness (QED) is 0.686. The highest BCUT2D eigenvalue weighted by Gasteiger charge is 2.45. The number of benzene rings is 1. The van der Waals surface area contributed by atoms with E-state index in [2.05, 4.69) is 0 Å². The van der Waals surface area contributed by atoms with Crippen LogP contribution in [0, 0.1) is 5.41 Å². The monoisotopic (exact) mass is 391 g/mol. The van der Waals surface area contributed by atoms with Crippen LogP contribution in [0.5, 0.6) is 11.5 Å². The van der Waals surface area contributed by atoms with Gasteiger partial charge in [-0.1, -0.05) is 26.8 Å². The standard InChI is InChI=1S/C21H29NO6/c1-21(2,3)19(24)16-17(13-8-9-14(27-5)15(12-13)28-6)22(10-7-11-26-4)20(25)18(16)23/h8-9,12,17,23H,7,10-11H2,1-6H3. The van der Waals surface area contributed by atoms with Crippen LogP contribution in [-0.2, 0) is 14.3 Å². The van der Waals surface area contributed by atoms with Gasteiger partial charge in [0.2, 0.25) is 0 Å². The Hall–Kier alpha value is -2.54. The van der Waals surface area contributed by atoms with Crippen LogP contribution in [0.1, 0.15) is 38.8 Å². The van der Waals surface area contributed by atoms with Gasteiger partial charge in [0.15, 0.2) is 23.0 Å². The Morgan fingerprint density at radius 3 is 2.32 bits per heavy atom. The van der Waals surface area contributed by atoms with Gasteiger partial charge in [0, 0.05) is 25.7 Å². The van der Waals surface area contributed by atoms with E-state index in [0.29, 0.717) is 36.6 Å². The summed E-state index contributed by atoms with van der Waals surface area (Å²) in [5.41, 5.74) is 0.0308. The highest BCUT2D eigenvalue weighted by molar-refractivity contribution is 6.10. The van der Waals surface area contributed by atoms with Crippen molar-refractivity contribution in [3.63, 3.8) is 0 Å². The van der Waals surface area contributed by atoms with Gasteiger partial charge in [-0.3, -0.25) is 9.59 Å². The topological polar surface area (TPSA) is 85.3 Å². The summed E-state index contributed by atoms with van der Waals surface area (Å²) in [5.74, 6) is -0.287. The molecule has 0 fully saturated rings. The third kappa shape index (κ3) is 4.14. The number of amides is 1. The summed E-state index contributed by atoms with van der Waals surface area (Å²) in [7, 11) is 4.64. The van der Waals surface area contributed by atoms with Crippen LogP contribution in [0.4, 0.5) is 0 Å². The Morgan fingerprint density at radius 1 is 1.14 bits per heavy atom. The van der Waals surface area contributed by atoms with Crippen LogP contribution < -0.4 is 9.47 Å². The minimum atomic E-state index is -0.749. The summed E-state index contributed by atoms with van der Waals surface area (Å²) in [6, 6.07) is 4.53. The molecule has 0 saturated heterocycles. The number of ether oxygens (including phenoxy) is 3. The van der Waals surface area contributed by atoms with Gasteiger partial charge in [0.25, 0.3) is 5.91 Å². The zero-order valence-electron chi connectivity index (χ0n) is 17.4. The lowest BCUT2D eigenvalue weighted by Gasteiger charge is -2.29. The third-order valence-electron chi connectivity index (χ3n) is 4.70. The zero-order valence-corrected chi connectivity index (χ0v) is 17.4. The summed E-state index contributed by atoms with van der Waals surface area (Å²) >= 11 is 0. The minimum absolute atomic E-state index is 0.113. The number of aliphatic hydroxyl groups is 1. The lowest BCUT2D eigenvalue weighted by Crippen LogP contribution is -2.34. The fraction of sp³-hybridized carbons (Fsp3) is 0.524. The second-order valence-corrected chi connectivity index (χ2v) is 7.70. The molecule has 0 aromatic heterocycles. The number of nitrogens with zero attached hydrogens (tertiary/aromatic N) is 1. The Morgan fingerprint density at radius 2 is 1.79 bits per heavy atom. The van der Waals surface area contributed by atoms with E-state index in [-0.39, 0.29) is 11.4 Å². The first-order chi connectivity index (χ1) is 13.2. The summed E-state index contributed by atoms with van der Waals surface area (Å²) in [5, 5.41) is 10.6. The highest BCUT2D eigenvalue weighted by atomic mass is 16.5. The molecule has 1 N–H and O–H groups in total. The Bertz CT molecular complexity index is 778. The number of rotatable bonds is 8. The fourth-order valence-electron chi connectivity index (χ4n) is 3.27. The molecule has 2 rings (SSSR count). The Kier molecular flexibility index (Phi) is 6.72. The number of carbonyl (C=O) groups excluding carboxylic acids is 2. The van der Waals surface area contributed by atoms with Crippen LogP contribution in [0.3, 0.4) is 0 Å². The molecule has 0 saturated carbocycles. The van der Waals surface area contributed by atoms with E-state index in [1.807, 2.05) is 0 Å². The second-order valence-electron chi connectivity index (χ2n) is 7.70. The zero-order chi connectivity index (χ0) is 21.1. The summed E-state index contributed by atoms with van der Waals surface area (Å²) < 4.78 is 15.7. The number of Topliss-reactive ketones (excluding diaryl/α,β-unsaturated/α-hetero) is 1. The molecular weight excluding hydrogens is 362 g/mol.